The molecule has 1 aromatic rings. The Morgan fingerprint density at radius 3 is 3.07 bits per heavy atom. The molecule has 0 aliphatic rings. The number of nitrogens with two attached hydrogens (primary N) is 1. The Bertz CT molecular complexity index is 366. The van der Waals surface area contributed by atoms with Crippen molar-refractivity contribution in [3.63, 3.8) is 0 Å². The van der Waals surface area contributed by atoms with Crippen molar-refractivity contribution in [1.82, 2.24) is 9.55 Å². The summed E-state index contributed by atoms with van der Waals surface area (Å²) in [5, 5.41) is 8.78. The van der Waals surface area contributed by atoms with E-state index in [2.05, 4.69) is 14.2 Å². The molecule has 1 aromatic heterocycles. The topological polar surface area (TPSA) is 90.4 Å². The van der Waals surface area contributed by atoms with Crippen molar-refractivity contribution >= 4 is 15.1 Å². The molecule has 15 heavy (non-hydrogen) atoms. The van der Waals surface area contributed by atoms with Gasteiger partial charge in [0.2, 0.25) is 0 Å². The molecular formula is C8H14N3O3P. The minimum absolute atomic E-state index is 0.216. The van der Waals surface area contributed by atoms with Crippen LogP contribution in [-0.4, -0.2) is 27.3 Å². The van der Waals surface area contributed by atoms with Gasteiger partial charge in [0.15, 0.2) is 6.03 Å². The number of aryl methyl sites for hydroxylation is 1. The molecule has 0 spiro atoms. The highest BCUT2D eigenvalue weighted by molar-refractivity contribution is 7.16. The van der Waals surface area contributed by atoms with Gasteiger partial charge in [-0.2, -0.15) is 4.98 Å². The first kappa shape index (κ1) is 12.1. The minimum Gasteiger partial charge on any atom is -0.383 e. The molecule has 7 heteroatoms. The van der Waals surface area contributed by atoms with Crippen LogP contribution in [0.4, 0.5) is 5.82 Å². The average Bonchev–Trinajstić information content (AvgIpc) is 2.14. The minimum atomic E-state index is -0.855. The van der Waals surface area contributed by atoms with Gasteiger partial charge in [0.1, 0.15) is 5.82 Å². The smallest absolute Gasteiger partial charge is 0.349 e. The molecular weight excluding hydrogens is 217 g/mol. The number of rotatable bonds is 5. The Kier molecular flexibility index (Phi) is 4.68. The number of ether oxygens (including phenoxy) is 1. The van der Waals surface area contributed by atoms with Gasteiger partial charge in [0, 0.05) is 12.7 Å². The summed E-state index contributed by atoms with van der Waals surface area (Å²) in [5.74, 6) is 0.216. The molecule has 0 saturated carbocycles. The van der Waals surface area contributed by atoms with Crippen molar-refractivity contribution in [2.75, 3.05) is 12.3 Å². The summed E-state index contributed by atoms with van der Waals surface area (Å²) in [5.41, 5.74) is 4.96. The summed E-state index contributed by atoms with van der Waals surface area (Å²) in [6.07, 6.45) is 2.21. The Morgan fingerprint density at radius 1 is 1.73 bits per heavy atom. The Labute approximate surface area is 89.3 Å². The van der Waals surface area contributed by atoms with Crippen LogP contribution in [-0.2, 0) is 11.3 Å². The maximum atomic E-state index is 11.2. The average molecular weight is 231 g/mol. The number of aliphatic hydroxyl groups excluding tert-OH is 1. The Morgan fingerprint density at radius 2 is 2.47 bits per heavy atom. The van der Waals surface area contributed by atoms with Crippen LogP contribution in [0.2, 0.25) is 0 Å². The van der Waals surface area contributed by atoms with Crippen LogP contribution in [0.25, 0.3) is 0 Å². The number of hydrogen-bond donors (Lipinski definition) is 2. The zero-order valence-corrected chi connectivity index (χ0v) is 9.32. The quantitative estimate of drug-likeness (QED) is 0.400. The summed E-state index contributed by atoms with van der Waals surface area (Å²) in [6.45, 7) is 0.866. The maximum absolute atomic E-state index is 11.2. The van der Waals surface area contributed by atoms with E-state index in [4.69, 9.17) is 15.6 Å². The van der Waals surface area contributed by atoms with Gasteiger partial charge in [0.05, 0.1) is 6.61 Å². The lowest BCUT2D eigenvalue weighted by atomic mass is 10.4. The first-order valence-electron chi connectivity index (χ1n) is 4.48. The Balaban J connectivity index is 2.41. The van der Waals surface area contributed by atoms with Crippen LogP contribution in [0.5, 0.6) is 0 Å². The van der Waals surface area contributed by atoms with E-state index in [0.29, 0.717) is 19.6 Å². The molecule has 0 bridgehead atoms. The first-order valence-corrected chi connectivity index (χ1v) is 5.14. The summed E-state index contributed by atoms with van der Waals surface area (Å²) in [4.78, 5) is 14.8. The molecule has 2 unspecified atom stereocenters. The van der Waals surface area contributed by atoms with E-state index >= 15 is 0 Å². The molecule has 0 aliphatic carbocycles. The zero-order chi connectivity index (χ0) is 11.3. The van der Waals surface area contributed by atoms with E-state index in [1.54, 1.807) is 12.3 Å². The third kappa shape index (κ3) is 4.38. The lowest BCUT2D eigenvalue weighted by Gasteiger charge is -2.07. The van der Waals surface area contributed by atoms with E-state index in [-0.39, 0.29) is 11.5 Å². The third-order valence-corrected chi connectivity index (χ3v) is 1.92. The van der Waals surface area contributed by atoms with Gasteiger partial charge in [-0.25, -0.2) is 4.79 Å². The van der Waals surface area contributed by atoms with E-state index in [1.165, 1.54) is 4.57 Å². The van der Waals surface area contributed by atoms with Crippen LogP contribution in [0.1, 0.15) is 6.42 Å². The zero-order valence-electron chi connectivity index (χ0n) is 8.17. The molecule has 1 rings (SSSR count). The van der Waals surface area contributed by atoms with Crippen LogP contribution < -0.4 is 11.4 Å². The predicted octanol–water partition coefficient (Wildman–Crippen LogP) is -0.617. The molecule has 3 N–H and O–H groups in total. The number of aromatic nitrogens is 2. The lowest BCUT2D eigenvalue weighted by molar-refractivity contribution is -0.0348. The fourth-order valence-electron chi connectivity index (χ4n) is 1.05. The SMILES string of the molecule is Nc1ccn(CCCOC(O)P)c(=O)n1. The van der Waals surface area contributed by atoms with Crippen molar-refractivity contribution in [2.45, 2.75) is 19.0 Å². The largest absolute Gasteiger partial charge is 0.383 e. The molecule has 0 radical (unpaired) electrons. The van der Waals surface area contributed by atoms with Gasteiger partial charge in [-0.15, -0.1) is 0 Å². The van der Waals surface area contributed by atoms with Gasteiger partial charge in [-0.3, -0.25) is 4.57 Å². The van der Waals surface area contributed by atoms with Gasteiger partial charge < -0.3 is 15.6 Å². The number of aliphatic hydroxyl groups is 1. The number of hydrogen-bond acceptors (Lipinski definition) is 5. The Hall–Kier alpha value is -0.970. The second-order valence-corrected chi connectivity index (χ2v) is 3.51. The first-order chi connectivity index (χ1) is 7.09. The third-order valence-electron chi connectivity index (χ3n) is 1.73. The van der Waals surface area contributed by atoms with Gasteiger partial charge in [-0.05, 0) is 12.5 Å². The molecule has 6 nitrogen and oxygen atoms in total. The molecule has 0 amide bonds. The van der Waals surface area contributed by atoms with Crippen molar-refractivity contribution in [2.24, 2.45) is 0 Å². The summed E-state index contributed by atoms with van der Waals surface area (Å²) < 4.78 is 6.32. The van der Waals surface area contributed by atoms with Crippen LogP contribution >= 0.6 is 9.24 Å². The molecule has 0 aliphatic heterocycles. The fraction of sp³-hybridized carbons (Fsp3) is 0.500. The molecule has 2 atom stereocenters. The molecule has 0 aromatic carbocycles. The lowest BCUT2D eigenvalue weighted by Crippen LogP contribution is -2.23. The van der Waals surface area contributed by atoms with Crippen molar-refractivity contribution in [3.05, 3.63) is 22.7 Å². The highest BCUT2D eigenvalue weighted by Gasteiger charge is 1.98. The van der Waals surface area contributed by atoms with E-state index in [9.17, 15) is 4.79 Å². The standard InChI is InChI=1S/C8H14N3O3P/c9-6-2-4-11(7(12)10-6)3-1-5-14-8(13)15/h2,4,8,13H,1,3,5,15H2,(H2,9,10,12). The number of nitrogen functional groups attached to an aromatic ring is 1. The highest BCUT2D eigenvalue weighted by atomic mass is 31.0. The highest BCUT2D eigenvalue weighted by Crippen LogP contribution is 1.98. The van der Waals surface area contributed by atoms with Crippen LogP contribution in [0, 0.1) is 0 Å². The molecule has 1 heterocycles. The summed E-state index contributed by atoms with van der Waals surface area (Å²) in [7, 11) is 2.11. The normalized spacial score (nSPS) is 12.7. The van der Waals surface area contributed by atoms with E-state index in [0.717, 1.165) is 0 Å². The summed E-state index contributed by atoms with van der Waals surface area (Å²) in [6, 6.07) is 0.707. The summed E-state index contributed by atoms with van der Waals surface area (Å²) >= 11 is 0. The number of nitrogens with zero attached hydrogens (tertiary/aromatic N) is 2. The van der Waals surface area contributed by atoms with Crippen molar-refractivity contribution in [1.29, 1.82) is 0 Å². The van der Waals surface area contributed by atoms with Crippen molar-refractivity contribution in [3.8, 4) is 0 Å². The van der Waals surface area contributed by atoms with Crippen molar-refractivity contribution < 1.29 is 9.84 Å². The fourth-order valence-corrected chi connectivity index (χ4v) is 1.19. The molecule has 0 saturated heterocycles. The van der Waals surface area contributed by atoms with Gasteiger partial charge in [0.25, 0.3) is 0 Å². The molecule has 0 fully saturated rings. The van der Waals surface area contributed by atoms with E-state index in [1.807, 2.05) is 0 Å². The monoisotopic (exact) mass is 231 g/mol. The van der Waals surface area contributed by atoms with E-state index < -0.39 is 6.03 Å². The van der Waals surface area contributed by atoms with Gasteiger partial charge >= 0.3 is 5.69 Å². The van der Waals surface area contributed by atoms with Crippen LogP contribution in [0.15, 0.2) is 17.1 Å². The van der Waals surface area contributed by atoms with Crippen LogP contribution in [0.3, 0.4) is 0 Å². The second-order valence-electron chi connectivity index (χ2n) is 2.94. The second kappa shape index (κ2) is 5.80. The predicted molar refractivity (Wildman–Crippen MR) is 59.2 cm³/mol. The van der Waals surface area contributed by atoms with Gasteiger partial charge in [-0.1, -0.05) is 9.24 Å². The molecule has 84 valence electrons. The number of anilines is 1. The maximum Gasteiger partial charge on any atom is 0.349 e.